The zero-order valence-electron chi connectivity index (χ0n) is 16.0. The van der Waals surface area contributed by atoms with Crippen LogP contribution in [0.25, 0.3) is 11.0 Å². The Morgan fingerprint density at radius 2 is 1.73 bits per heavy atom. The lowest BCUT2D eigenvalue weighted by molar-refractivity contribution is -0.119. The fraction of sp³-hybridized carbons (Fsp3) is 0.125. The van der Waals surface area contributed by atoms with Crippen molar-refractivity contribution >= 4 is 22.9 Å². The molecule has 30 heavy (non-hydrogen) atoms. The molecule has 0 spiro atoms. The molecule has 1 amide bonds. The first-order chi connectivity index (χ1) is 14.7. The zero-order valence-corrected chi connectivity index (χ0v) is 16.0. The first-order valence-electron chi connectivity index (χ1n) is 9.69. The maximum Gasteiger partial charge on any atom is 0.246 e. The van der Waals surface area contributed by atoms with Crippen LogP contribution in [0, 0.1) is 17.2 Å². The molecule has 5 rings (SSSR count). The molecule has 1 aliphatic heterocycles. The van der Waals surface area contributed by atoms with Crippen LogP contribution in [0.1, 0.15) is 17.2 Å². The van der Waals surface area contributed by atoms with Crippen molar-refractivity contribution in [2.24, 2.45) is 5.92 Å². The molecule has 0 aliphatic carbocycles. The Morgan fingerprint density at radius 3 is 2.50 bits per heavy atom. The first kappa shape index (κ1) is 18.0. The minimum Gasteiger partial charge on any atom is -0.489 e. The van der Waals surface area contributed by atoms with Crippen LogP contribution in [-0.2, 0) is 11.4 Å². The molecule has 146 valence electrons. The Balaban J connectivity index is 1.49. The second-order valence-corrected chi connectivity index (χ2v) is 7.18. The lowest BCUT2D eigenvalue weighted by Crippen LogP contribution is -2.37. The first-order valence-corrected chi connectivity index (χ1v) is 9.69. The fourth-order valence-corrected chi connectivity index (χ4v) is 3.87. The molecular weight excluding hydrogens is 376 g/mol. The molecule has 4 aromatic rings. The van der Waals surface area contributed by atoms with Gasteiger partial charge in [-0.2, -0.15) is 5.26 Å². The largest absolute Gasteiger partial charge is 0.489 e. The van der Waals surface area contributed by atoms with Crippen molar-refractivity contribution in [3.63, 3.8) is 0 Å². The Morgan fingerprint density at radius 1 is 1.00 bits per heavy atom. The summed E-state index contributed by atoms with van der Waals surface area (Å²) in [7, 11) is 0. The van der Waals surface area contributed by atoms with E-state index in [1.807, 2.05) is 83.4 Å². The minimum atomic E-state index is -0.855. The van der Waals surface area contributed by atoms with Gasteiger partial charge in [-0.25, -0.2) is 4.98 Å². The number of carbonyl (C=O) groups excluding carboxylic acids is 1. The van der Waals surface area contributed by atoms with Gasteiger partial charge in [0.05, 0.1) is 23.1 Å². The number of nitrogens with one attached hydrogen (secondary N) is 1. The molecule has 2 heterocycles. The molecule has 0 bridgehead atoms. The Kier molecular flexibility index (Phi) is 4.41. The number of nitrogens with zero attached hydrogens (tertiary/aromatic N) is 3. The molecule has 1 aromatic heterocycles. The van der Waals surface area contributed by atoms with Crippen molar-refractivity contribution in [3.8, 4) is 11.8 Å². The summed E-state index contributed by atoms with van der Waals surface area (Å²) in [6, 6.07) is 26.9. The van der Waals surface area contributed by atoms with E-state index in [0.717, 1.165) is 27.9 Å². The number of hydrogen-bond acceptors (Lipinski definition) is 4. The number of nitriles is 1. The van der Waals surface area contributed by atoms with E-state index < -0.39 is 12.0 Å². The molecule has 0 unspecified atom stereocenters. The number of anilines is 1. The van der Waals surface area contributed by atoms with Gasteiger partial charge in [-0.05, 0) is 35.4 Å². The molecule has 1 aliphatic rings. The summed E-state index contributed by atoms with van der Waals surface area (Å²) in [6.07, 6.45) is 0. The Bertz CT molecular complexity index is 1260. The lowest BCUT2D eigenvalue weighted by atomic mass is 9.91. The van der Waals surface area contributed by atoms with Crippen LogP contribution in [0.4, 0.5) is 5.95 Å². The average molecular weight is 394 g/mol. The number of para-hydroxylation sites is 2. The maximum atomic E-state index is 12.6. The van der Waals surface area contributed by atoms with E-state index in [0.29, 0.717) is 12.6 Å². The maximum absolute atomic E-state index is 12.6. The predicted molar refractivity (Wildman–Crippen MR) is 113 cm³/mol. The monoisotopic (exact) mass is 394 g/mol. The highest BCUT2D eigenvalue weighted by Gasteiger charge is 2.38. The van der Waals surface area contributed by atoms with Gasteiger partial charge < -0.3 is 9.30 Å². The van der Waals surface area contributed by atoms with E-state index in [2.05, 4.69) is 16.4 Å². The third kappa shape index (κ3) is 3.07. The summed E-state index contributed by atoms with van der Waals surface area (Å²) >= 11 is 0. The van der Waals surface area contributed by atoms with Crippen LogP contribution < -0.4 is 10.1 Å². The number of ether oxygens (including phenoxy) is 1. The Labute approximate surface area is 173 Å². The van der Waals surface area contributed by atoms with Gasteiger partial charge in [0.25, 0.3) is 0 Å². The summed E-state index contributed by atoms with van der Waals surface area (Å²) in [5.41, 5.74) is 3.60. The summed E-state index contributed by atoms with van der Waals surface area (Å²) in [6.45, 7) is 0.475. The third-order valence-corrected chi connectivity index (χ3v) is 5.32. The standard InChI is InChI=1S/C24H18N4O2/c25-14-19-22(28-21-9-5-4-8-20(21)26-24(28)27-23(19)29)17-10-12-18(13-11-17)30-15-16-6-2-1-3-7-16/h1-13,19,22H,15H2,(H,26,27,29)/t19-,22-/m1/s1. The van der Waals surface area contributed by atoms with Gasteiger partial charge in [0.1, 0.15) is 12.4 Å². The van der Waals surface area contributed by atoms with Gasteiger partial charge in [-0.15, -0.1) is 0 Å². The molecule has 0 radical (unpaired) electrons. The number of amides is 1. The van der Waals surface area contributed by atoms with Gasteiger partial charge in [0, 0.05) is 0 Å². The van der Waals surface area contributed by atoms with Gasteiger partial charge in [0.2, 0.25) is 11.9 Å². The van der Waals surface area contributed by atoms with Crippen LogP contribution in [0.5, 0.6) is 5.75 Å². The van der Waals surface area contributed by atoms with Crippen LogP contribution in [0.2, 0.25) is 0 Å². The van der Waals surface area contributed by atoms with Crippen molar-refractivity contribution in [2.75, 3.05) is 5.32 Å². The second-order valence-electron chi connectivity index (χ2n) is 7.18. The molecule has 0 saturated heterocycles. The highest BCUT2D eigenvalue weighted by molar-refractivity contribution is 5.97. The van der Waals surface area contributed by atoms with Gasteiger partial charge >= 0.3 is 0 Å². The SMILES string of the molecule is N#C[C@H]1C(=O)Nc2nc3ccccc3n2[C@@H]1c1ccc(OCc2ccccc2)cc1. The fourth-order valence-electron chi connectivity index (χ4n) is 3.87. The second kappa shape index (κ2) is 7.37. The highest BCUT2D eigenvalue weighted by atomic mass is 16.5. The molecular formula is C24H18N4O2. The molecule has 3 aromatic carbocycles. The third-order valence-electron chi connectivity index (χ3n) is 5.32. The Hall–Kier alpha value is -4.11. The van der Waals surface area contributed by atoms with Crippen LogP contribution in [0.15, 0.2) is 78.9 Å². The molecule has 6 nitrogen and oxygen atoms in total. The van der Waals surface area contributed by atoms with Crippen LogP contribution in [0.3, 0.4) is 0 Å². The summed E-state index contributed by atoms with van der Waals surface area (Å²) in [5, 5.41) is 12.5. The number of aromatic nitrogens is 2. The molecule has 1 N–H and O–H groups in total. The quantitative estimate of drug-likeness (QED) is 0.560. The van der Waals surface area contributed by atoms with Gasteiger partial charge in [-0.3, -0.25) is 10.1 Å². The van der Waals surface area contributed by atoms with Crippen LogP contribution in [-0.4, -0.2) is 15.5 Å². The van der Waals surface area contributed by atoms with E-state index in [-0.39, 0.29) is 5.91 Å². The number of rotatable bonds is 4. The van der Waals surface area contributed by atoms with E-state index in [1.54, 1.807) is 0 Å². The van der Waals surface area contributed by atoms with Crippen molar-refractivity contribution < 1.29 is 9.53 Å². The van der Waals surface area contributed by atoms with Crippen molar-refractivity contribution in [1.82, 2.24) is 9.55 Å². The number of imidazole rings is 1. The minimum absolute atomic E-state index is 0.338. The highest BCUT2D eigenvalue weighted by Crippen LogP contribution is 2.38. The predicted octanol–water partition coefficient (Wildman–Crippen LogP) is 4.30. The number of fused-ring (bicyclic) bond motifs is 3. The average Bonchev–Trinajstić information content (AvgIpc) is 3.15. The van der Waals surface area contributed by atoms with Crippen LogP contribution >= 0.6 is 0 Å². The number of carbonyl (C=O) groups is 1. The summed E-state index contributed by atoms with van der Waals surface area (Å²) in [5.74, 6) is -0.00454. The van der Waals surface area contributed by atoms with Crippen molar-refractivity contribution in [3.05, 3.63) is 90.0 Å². The van der Waals surface area contributed by atoms with E-state index in [9.17, 15) is 10.1 Å². The lowest BCUT2D eigenvalue weighted by Gasteiger charge is -2.30. The van der Waals surface area contributed by atoms with E-state index in [1.165, 1.54) is 0 Å². The van der Waals surface area contributed by atoms with Gasteiger partial charge in [0.15, 0.2) is 5.92 Å². The van der Waals surface area contributed by atoms with E-state index in [4.69, 9.17) is 4.74 Å². The van der Waals surface area contributed by atoms with Gasteiger partial charge in [-0.1, -0.05) is 54.6 Å². The molecule has 0 fully saturated rings. The summed E-state index contributed by atoms with van der Waals surface area (Å²) in [4.78, 5) is 17.1. The van der Waals surface area contributed by atoms with Crippen molar-refractivity contribution in [2.45, 2.75) is 12.6 Å². The molecule has 2 atom stereocenters. The molecule has 6 heteroatoms. The normalized spacial score (nSPS) is 17.8. The topological polar surface area (TPSA) is 79.9 Å². The van der Waals surface area contributed by atoms with Crippen molar-refractivity contribution in [1.29, 1.82) is 5.26 Å². The zero-order chi connectivity index (χ0) is 20.5. The summed E-state index contributed by atoms with van der Waals surface area (Å²) < 4.78 is 7.80. The smallest absolute Gasteiger partial charge is 0.246 e. The van der Waals surface area contributed by atoms with E-state index >= 15 is 0 Å². The number of benzene rings is 3. The molecule has 0 saturated carbocycles. The number of hydrogen-bond donors (Lipinski definition) is 1.